The van der Waals surface area contributed by atoms with Crippen molar-refractivity contribution in [1.82, 2.24) is 0 Å². The Labute approximate surface area is 80.1 Å². The minimum atomic E-state index is -0.228. The number of aliphatic hydroxyl groups is 1. The van der Waals surface area contributed by atoms with Crippen LogP contribution in [-0.4, -0.2) is 23.8 Å². The lowest BCUT2D eigenvalue weighted by molar-refractivity contribution is -0.141. The fourth-order valence-corrected chi connectivity index (χ4v) is 1.18. The zero-order chi connectivity index (χ0) is 10.1. The lowest BCUT2D eigenvalue weighted by Gasteiger charge is -2.08. The van der Waals surface area contributed by atoms with Gasteiger partial charge in [-0.3, -0.25) is 4.79 Å². The van der Waals surface area contributed by atoms with E-state index in [2.05, 4.69) is 6.92 Å². The molecule has 0 aliphatic carbocycles. The van der Waals surface area contributed by atoms with Crippen molar-refractivity contribution in [1.29, 1.82) is 0 Å². The maximum absolute atomic E-state index is 10.4. The average Bonchev–Trinajstić information content (AvgIpc) is 2.03. The summed E-state index contributed by atoms with van der Waals surface area (Å²) in [5.74, 6) is -0.228. The predicted molar refractivity (Wildman–Crippen MR) is 51.4 cm³/mol. The highest BCUT2D eigenvalue weighted by Crippen LogP contribution is 2.06. The van der Waals surface area contributed by atoms with E-state index in [-0.39, 0.29) is 12.1 Å². The highest BCUT2D eigenvalue weighted by Gasteiger charge is 2.01. The second-order valence-corrected chi connectivity index (χ2v) is 3.28. The Balaban J connectivity index is 3.11. The number of hydrogen-bond acceptors (Lipinski definition) is 3. The smallest absolute Gasteiger partial charge is 0.302 e. The summed E-state index contributed by atoms with van der Waals surface area (Å²) in [4.78, 5) is 10.4. The molecule has 0 saturated heterocycles. The van der Waals surface area contributed by atoms with Crippen molar-refractivity contribution in [3.63, 3.8) is 0 Å². The highest BCUT2D eigenvalue weighted by molar-refractivity contribution is 5.65. The molecule has 0 amide bonds. The molecule has 0 aromatic carbocycles. The Hall–Kier alpha value is -0.570. The van der Waals surface area contributed by atoms with E-state index in [0.717, 1.165) is 32.1 Å². The van der Waals surface area contributed by atoms with Gasteiger partial charge >= 0.3 is 5.97 Å². The Morgan fingerprint density at radius 1 is 1.38 bits per heavy atom. The van der Waals surface area contributed by atoms with Crippen LogP contribution in [0.3, 0.4) is 0 Å². The predicted octanol–water partition coefficient (Wildman–Crippen LogP) is 1.88. The standard InChI is InChI=1S/C10H20O3/c1-3-6-10(12)7-4-5-8-13-9(2)11/h10,12H,3-8H2,1-2H3. The first kappa shape index (κ1) is 12.4. The van der Waals surface area contributed by atoms with Crippen molar-refractivity contribution in [2.75, 3.05) is 6.61 Å². The second-order valence-electron chi connectivity index (χ2n) is 3.28. The third-order valence-electron chi connectivity index (χ3n) is 1.86. The molecule has 13 heavy (non-hydrogen) atoms. The van der Waals surface area contributed by atoms with E-state index in [1.54, 1.807) is 0 Å². The molecule has 0 fully saturated rings. The first-order valence-electron chi connectivity index (χ1n) is 4.98. The molecule has 0 radical (unpaired) electrons. The number of esters is 1. The number of carbonyl (C=O) groups is 1. The number of carbonyl (C=O) groups excluding carboxylic acids is 1. The third-order valence-corrected chi connectivity index (χ3v) is 1.86. The van der Waals surface area contributed by atoms with Crippen molar-refractivity contribution in [2.45, 2.75) is 52.1 Å². The zero-order valence-corrected chi connectivity index (χ0v) is 8.58. The lowest BCUT2D eigenvalue weighted by Crippen LogP contribution is -2.06. The van der Waals surface area contributed by atoms with E-state index >= 15 is 0 Å². The Kier molecular flexibility index (Phi) is 7.69. The Bertz CT molecular complexity index is 134. The van der Waals surface area contributed by atoms with E-state index in [1.165, 1.54) is 6.92 Å². The van der Waals surface area contributed by atoms with Crippen LogP contribution in [0, 0.1) is 0 Å². The highest BCUT2D eigenvalue weighted by atomic mass is 16.5. The molecule has 3 nitrogen and oxygen atoms in total. The monoisotopic (exact) mass is 188 g/mol. The molecular formula is C10H20O3. The quantitative estimate of drug-likeness (QED) is 0.490. The minimum absolute atomic E-state index is 0.178. The van der Waals surface area contributed by atoms with Crippen molar-refractivity contribution in [3.05, 3.63) is 0 Å². The topological polar surface area (TPSA) is 46.5 Å². The van der Waals surface area contributed by atoms with Gasteiger partial charge in [-0.1, -0.05) is 13.3 Å². The number of aliphatic hydroxyl groups excluding tert-OH is 1. The van der Waals surface area contributed by atoms with E-state index in [4.69, 9.17) is 4.74 Å². The maximum Gasteiger partial charge on any atom is 0.302 e. The summed E-state index contributed by atoms with van der Waals surface area (Å²) in [5, 5.41) is 9.35. The first-order valence-corrected chi connectivity index (χ1v) is 4.98. The van der Waals surface area contributed by atoms with Crippen LogP contribution in [0.2, 0.25) is 0 Å². The third kappa shape index (κ3) is 9.34. The van der Waals surface area contributed by atoms with Crippen LogP contribution in [0.15, 0.2) is 0 Å². The lowest BCUT2D eigenvalue weighted by atomic mass is 10.1. The molecule has 1 atom stereocenters. The number of ether oxygens (including phenoxy) is 1. The molecule has 78 valence electrons. The fraction of sp³-hybridized carbons (Fsp3) is 0.900. The van der Waals surface area contributed by atoms with Crippen LogP contribution in [0.1, 0.15) is 46.0 Å². The largest absolute Gasteiger partial charge is 0.466 e. The van der Waals surface area contributed by atoms with Gasteiger partial charge in [0, 0.05) is 6.92 Å². The number of rotatable bonds is 7. The molecule has 0 aromatic rings. The summed E-state index contributed by atoms with van der Waals surface area (Å²) in [6.45, 7) is 3.95. The molecular weight excluding hydrogens is 168 g/mol. The fourth-order valence-electron chi connectivity index (χ4n) is 1.18. The van der Waals surface area contributed by atoms with E-state index in [0.29, 0.717) is 6.61 Å². The molecule has 1 unspecified atom stereocenters. The molecule has 0 aliphatic heterocycles. The van der Waals surface area contributed by atoms with Crippen LogP contribution in [0.25, 0.3) is 0 Å². The molecule has 0 spiro atoms. The van der Waals surface area contributed by atoms with E-state index in [9.17, 15) is 9.90 Å². The summed E-state index contributed by atoms with van der Waals surface area (Å²) in [5.41, 5.74) is 0. The van der Waals surface area contributed by atoms with E-state index < -0.39 is 0 Å². The average molecular weight is 188 g/mol. The van der Waals surface area contributed by atoms with E-state index in [1.807, 2.05) is 0 Å². The molecule has 0 saturated carbocycles. The van der Waals surface area contributed by atoms with Crippen LogP contribution >= 0.6 is 0 Å². The number of hydrogen-bond donors (Lipinski definition) is 1. The maximum atomic E-state index is 10.4. The molecule has 0 aromatic heterocycles. The van der Waals surface area contributed by atoms with Crippen LogP contribution in [0.4, 0.5) is 0 Å². The van der Waals surface area contributed by atoms with Gasteiger partial charge in [-0.2, -0.15) is 0 Å². The molecule has 0 heterocycles. The first-order chi connectivity index (χ1) is 6.16. The van der Waals surface area contributed by atoms with Gasteiger partial charge in [-0.25, -0.2) is 0 Å². The summed E-state index contributed by atoms with van der Waals surface area (Å²) in [6, 6.07) is 0. The summed E-state index contributed by atoms with van der Waals surface area (Å²) >= 11 is 0. The SMILES string of the molecule is CCCC(O)CCCCOC(C)=O. The van der Waals surface area contributed by atoms with Gasteiger partial charge in [-0.05, 0) is 25.7 Å². The zero-order valence-electron chi connectivity index (χ0n) is 8.58. The van der Waals surface area contributed by atoms with Gasteiger partial charge in [0.2, 0.25) is 0 Å². The molecule has 1 N–H and O–H groups in total. The van der Waals surface area contributed by atoms with Crippen LogP contribution < -0.4 is 0 Å². The Morgan fingerprint density at radius 2 is 2.08 bits per heavy atom. The van der Waals surface area contributed by atoms with Gasteiger partial charge in [0.25, 0.3) is 0 Å². The van der Waals surface area contributed by atoms with Gasteiger partial charge < -0.3 is 9.84 Å². The van der Waals surface area contributed by atoms with Gasteiger partial charge in [0.15, 0.2) is 0 Å². The summed E-state index contributed by atoms with van der Waals surface area (Å²) in [7, 11) is 0. The van der Waals surface area contributed by atoms with Crippen molar-refractivity contribution < 1.29 is 14.6 Å². The van der Waals surface area contributed by atoms with Gasteiger partial charge in [-0.15, -0.1) is 0 Å². The minimum Gasteiger partial charge on any atom is -0.466 e. The van der Waals surface area contributed by atoms with Crippen LogP contribution in [-0.2, 0) is 9.53 Å². The molecule has 3 heteroatoms. The summed E-state index contributed by atoms with van der Waals surface area (Å²) in [6.07, 6.45) is 4.30. The number of unbranched alkanes of at least 4 members (excludes halogenated alkanes) is 1. The molecule has 0 bridgehead atoms. The molecule has 0 aliphatic rings. The van der Waals surface area contributed by atoms with Crippen molar-refractivity contribution in [3.8, 4) is 0 Å². The van der Waals surface area contributed by atoms with Gasteiger partial charge in [0.05, 0.1) is 12.7 Å². The van der Waals surface area contributed by atoms with Gasteiger partial charge in [0.1, 0.15) is 0 Å². The normalized spacial score (nSPS) is 12.5. The summed E-state index contributed by atoms with van der Waals surface area (Å²) < 4.78 is 4.76. The van der Waals surface area contributed by atoms with Crippen molar-refractivity contribution >= 4 is 5.97 Å². The Morgan fingerprint density at radius 3 is 2.62 bits per heavy atom. The molecule has 0 rings (SSSR count). The van der Waals surface area contributed by atoms with Crippen LogP contribution in [0.5, 0.6) is 0 Å². The van der Waals surface area contributed by atoms with Crippen molar-refractivity contribution in [2.24, 2.45) is 0 Å². The second kappa shape index (κ2) is 8.05.